The number of hydrazine groups is 1. The molecule has 2 aromatic carbocycles. The molecule has 0 saturated heterocycles. The summed E-state index contributed by atoms with van der Waals surface area (Å²) in [5.74, 6) is 6.53. The molecule has 1 aromatic heterocycles. The van der Waals surface area contributed by atoms with Gasteiger partial charge in [-0.3, -0.25) is 5.84 Å². The average molecular weight is 301 g/mol. The molecule has 0 amide bonds. The third-order valence-electron chi connectivity index (χ3n) is 3.66. The summed E-state index contributed by atoms with van der Waals surface area (Å²) in [4.78, 5) is 0. The van der Waals surface area contributed by atoms with Gasteiger partial charge >= 0.3 is 0 Å². The number of benzene rings is 2. The Hall–Kier alpha value is -1.81. The fraction of sp³-hybridized carbons (Fsp3) is 0.176. The van der Waals surface area contributed by atoms with E-state index < -0.39 is 0 Å². The van der Waals surface area contributed by atoms with Crippen LogP contribution in [-0.2, 0) is 0 Å². The molecule has 3 rings (SSSR count). The summed E-state index contributed by atoms with van der Waals surface area (Å²) in [7, 11) is 0. The molecule has 4 heteroatoms. The van der Waals surface area contributed by atoms with E-state index in [-0.39, 0.29) is 6.04 Å². The third-order valence-corrected chi connectivity index (χ3v) is 4.08. The van der Waals surface area contributed by atoms with Gasteiger partial charge in [-0.05, 0) is 49.2 Å². The van der Waals surface area contributed by atoms with Gasteiger partial charge in [0.1, 0.15) is 17.4 Å². The van der Waals surface area contributed by atoms with Crippen molar-refractivity contribution in [3.8, 4) is 0 Å². The Morgan fingerprint density at radius 3 is 2.62 bits per heavy atom. The predicted octanol–water partition coefficient (Wildman–Crippen LogP) is 4.26. The van der Waals surface area contributed by atoms with Crippen molar-refractivity contribution in [2.24, 2.45) is 5.84 Å². The lowest BCUT2D eigenvalue weighted by atomic mass is 10.0. The summed E-state index contributed by atoms with van der Waals surface area (Å²) in [6.45, 7) is 4.04. The first-order valence-electron chi connectivity index (χ1n) is 6.81. The molecule has 0 aliphatic carbocycles. The second-order valence-corrected chi connectivity index (χ2v) is 5.71. The van der Waals surface area contributed by atoms with E-state index in [1.54, 1.807) is 0 Å². The molecule has 1 heterocycles. The van der Waals surface area contributed by atoms with Gasteiger partial charge in [-0.2, -0.15) is 0 Å². The van der Waals surface area contributed by atoms with E-state index >= 15 is 0 Å². The van der Waals surface area contributed by atoms with Crippen molar-refractivity contribution in [3.05, 3.63) is 69.9 Å². The van der Waals surface area contributed by atoms with E-state index in [1.165, 1.54) is 5.56 Å². The number of hydrogen-bond donors (Lipinski definition) is 2. The second-order valence-electron chi connectivity index (χ2n) is 5.30. The van der Waals surface area contributed by atoms with Gasteiger partial charge < -0.3 is 4.42 Å². The third kappa shape index (κ3) is 2.68. The first kappa shape index (κ1) is 14.1. The van der Waals surface area contributed by atoms with E-state index in [2.05, 4.69) is 18.4 Å². The van der Waals surface area contributed by atoms with Crippen LogP contribution in [0.25, 0.3) is 11.0 Å². The highest BCUT2D eigenvalue weighted by Gasteiger charge is 2.18. The molecule has 1 unspecified atom stereocenters. The number of nitrogens with two attached hydrogens (primary N) is 1. The smallest absolute Gasteiger partial charge is 0.134 e. The first-order chi connectivity index (χ1) is 10.1. The van der Waals surface area contributed by atoms with Crippen LogP contribution in [0.5, 0.6) is 0 Å². The minimum absolute atomic E-state index is 0.200. The fourth-order valence-electron chi connectivity index (χ4n) is 2.52. The molecule has 0 aliphatic rings. The number of aryl methyl sites for hydroxylation is 2. The predicted molar refractivity (Wildman–Crippen MR) is 86.3 cm³/mol. The van der Waals surface area contributed by atoms with E-state index in [1.807, 2.05) is 43.3 Å². The Bertz CT molecular complexity index is 795. The second kappa shape index (κ2) is 5.53. The summed E-state index contributed by atoms with van der Waals surface area (Å²) in [5, 5.41) is 1.82. The van der Waals surface area contributed by atoms with Gasteiger partial charge in [0, 0.05) is 10.4 Å². The van der Waals surface area contributed by atoms with Crippen molar-refractivity contribution in [1.82, 2.24) is 5.43 Å². The minimum Gasteiger partial charge on any atom is -0.459 e. The highest BCUT2D eigenvalue weighted by atomic mass is 35.5. The van der Waals surface area contributed by atoms with Gasteiger partial charge in [-0.15, -0.1) is 0 Å². The molecule has 0 fully saturated rings. The van der Waals surface area contributed by atoms with E-state index in [0.29, 0.717) is 0 Å². The standard InChI is InChI=1S/C17H17ClN2O/c1-10-3-6-15-13(7-10)9-16(21-15)17(20-19)12-4-5-14(18)11(2)8-12/h3-9,17,20H,19H2,1-2H3. The maximum absolute atomic E-state index is 6.08. The number of nitrogens with one attached hydrogen (secondary N) is 1. The minimum atomic E-state index is -0.200. The fourth-order valence-corrected chi connectivity index (χ4v) is 2.63. The Labute approximate surface area is 128 Å². The molecule has 0 bridgehead atoms. The summed E-state index contributed by atoms with van der Waals surface area (Å²) < 4.78 is 5.93. The van der Waals surface area contributed by atoms with Crippen molar-refractivity contribution in [2.75, 3.05) is 0 Å². The summed E-state index contributed by atoms with van der Waals surface area (Å²) >= 11 is 6.08. The topological polar surface area (TPSA) is 51.2 Å². The van der Waals surface area contributed by atoms with Crippen LogP contribution in [0.3, 0.4) is 0 Å². The number of hydrogen-bond acceptors (Lipinski definition) is 3. The molecular formula is C17H17ClN2O. The van der Waals surface area contributed by atoms with Crippen LogP contribution in [0.15, 0.2) is 46.9 Å². The lowest BCUT2D eigenvalue weighted by molar-refractivity contribution is 0.477. The van der Waals surface area contributed by atoms with Crippen molar-refractivity contribution in [1.29, 1.82) is 0 Å². The van der Waals surface area contributed by atoms with Gasteiger partial charge in [-0.25, -0.2) is 5.43 Å². The van der Waals surface area contributed by atoms with E-state index in [4.69, 9.17) is 21.9 Å². The molecule has 108 valence electrons. The van der Waals surface area contributed by atoms with Gasteiger partial charge in [-0.1, -0.05) is 35.4 Å². The van der Waals surface area contributed by atoms with Crippen LogP contribution in [0.2, 0.25) is 5.02 Å². The molecule has 3 aromatic rings. The van der Waals surface area contributed by atoms with Crippen LogP contribution < -0.4 is 11.3 Å². The zero-order chi connectivity index (χ0) is 15.0. The highest BCUT2D eigenvalue weighted by molar-refractivity contribution is 6.31. The van der Waals surface area contributed by atoms with Gasteiger partial charge in [0.05, 0.1) is 0 Å². The average Bonchev–Trinajstić information content (AvgIpc) is 2.86. The molecule has 1 atom stereocenters. The quantitative estimate of drug-likeness (QED) is 0.561. The van der Waals surface area contributed by atoms with Crippen molar-refractivity contribution >= 4 is 22.6 Å². The molecule has 3 nitrogen and oxygen atoms in total. The Balaban J connectivity index is 2.06. The Morgan fingerprint density at radius 2 is 1.90 bits per heavy atom. The maximum Gasteiger partial charge on any atom is 0.134 e. The largest absolute Gasteiger partial charge is 0.459 e. The summed E-state index contributed by atoms with van der Waals surface area (Å²) in [5.41, 5.74) is 6.92. The number of halogens is 1. The van der Waals surface area contributed by atoms with Crippen LogP contribution in [0.1, 0.15) is 28.5 Å². The van der Waals surface area contributed by atoms with Crippen molar-refractivity contribution < 1.29 is 4.42 Å². The van der Waals surface area contributed by atoms with Crippen LogP contribution >= 0.6 is 11.6 Å². The number of furan rings is 1. The van der Waals surface area contributed by atoms with Gasteiger partial charge in [0.2, 0.25) is 0 Å². The lowest BCUT2D eigenvalue weighted by Crippen LogP contribution is -2.28. The maximum atomic E-state index is 6.08. The molecule has 0 saturated carbocycles. The SMILES string of the molecule is Cc1ccc2oc(C(NN)c3ccc(Cl)c(C)c3)cc2c1. The van der Waals surface area contributed by atoms with Gasteiger partial charge in [0.15, 0.2) is 0 Å². The number of fused-ring (bicyclic) bond motifs is 1. The van der Waals surface area contributed by atoms with E-state index in [0.717, 1.165) is 32.9 Å². The van der Waals surface area contributed by atoms with Crippen LogP contribution in [0.4, 0.5) is 0 Å². The molecular weight excluding hydrogens is 284 g/mol. The molecule has 0 radical (unpaired) electrons. The molecule has 0 aliphatic heterocycles. The summed E-state index contributed by atoms with van der Waals surface area (Å²) in [6, 6.07) is 13.8. The molecule has 21 heavy (non-hydrogen) atoms. The Morgan fingerprint density at radius 1 is 1.10 bits per heavy atom. The Kier molecular flexibility index (Phi) is 3.72. The zero-order valence-electron chi connectivity index (χ0n) is 12.0. The summed E-state index contributed by atoms with van der Waals surface area (Å²) in [6.07, 6.45) is 0. The lowest BCUT2D eigenvalue weighted by Gasteiger charge is -2.14. The normalized spacial score (nSPS) is 12.8. The monoisotopic (exact) mass is 300 g/mol. The highest BCUT2D eigenvalue weighted by Crippen LogP contribution is 2.30. The van der Waals surface area contributed by atoms with Gasteiger partial charge in [0.25, 0.3) is 0 Å². The number of rotatable bonds is 3. The van der Waals surface area contributed by atoms with Crippen molar-refractivity contribution in [3.63, 3.8) is 0 Å². The van der Waals surface area contributed by atoms with Crippen LogP contribution in [0, 0.1) is 13.8 Å². The molecule has 0 spiro atoms. The first-order valence-corrected chi connectivity index (χ1v) is 7.18. The molecule has 3 N–H and O–H groups in total. The zero-order valence-corrected chi connectivity index (χ0v) is 12.7. The van der Waals surface area contributed by atoms with E-state index in [9.17, 15) is 0 Å². The van der Waals surface area contributed by atoms with Crippen LogP contribution in [-0.4, -0.2) is 0 Å². The van der Waals surface area contributed by atoms with Crippen molar-refractivity contribution in [2.45, 2.75) is 19.9 Å².